The third-order valence-corrected chi connectivity index (χ3v) is 2.43. The molecule has 0 saturated heterocycles. The van der Waals surface area contributed by atoms with Crippen LogP contribution in [0.15, 0.2) is 18.2 Å². The number of rotatable bonds is 3. The third kappa shape index (κ3) is 3.46. The Labute approximate surface area is 102 Å². The van der Waals surface area contributed by atoms with Gasteiger partial charge in [0, 0.05) is 12.0 Å². The first-order valence-electron chi connectivity index (χ1n) is 5.57. The van der Waals surface area contributed by atoms with E-state index >= 15 is 0 Å². The Morgan fingerprint density at radius 3 is 2.53 bits per heavy atom. The van der Waals surface area contributed by atoms with Gasteiger partial charge in [0.1, 0.15) is 5.75 Å². The summed E-state index contributed by atoms with van der Waals surface area (Å²) >= 11 is 0. The minimum Gasteiger partial charge on any atom is -0.495 e. The van der Waals surface area contributed by atoms with Crippen LogP contribution in [-0.2, 0) is 11.3 Å². The van der Waals surface area contributed by atoms with E-state index in [9.17, 15) is 4.79 Å². The molecular weight excluding hydrogens is 216 g/mol. The highest BCUT2D eigenvalue weighted by Crippen LogP contribution is 2.27. The summed E-state index contributed by atoms with van der Waals surface area (Å²) in [7, 11) is 1.57. The fraction of sp³-hybridized carbons (Fsp3) is 0.462. The van der Waals surface area contributed by atoms with Crippen molar-refractivity contribution in [3.05, 3.63) is 23.8 Å². The van der Waals surface area contributed by atoms with Crippen LogP contribution in [-0.4, -0.2) is 13.0 Å². The van der Waals surface area contributed by atoms with Gasteiger partial charge in [-0.05, 0) is 17.7 Å². The highest BCUT2D eigenvalue weighted by atomic mass is 16.5. The van der Waals surface area contributed by atoms with Crippen LogP contribution in [0.25, 0.3) is 0 Å². The van der Waals surface area contributed by atoms with E-state index in [1.807, 2.05) is 39.0 Å². The molecule has 1 amide bonds. The van der Waals surface area contributed by atoms with Gasteiger partial charge in [-0.25, -0.2) is 0 Å². The molecule has 17 heavy (non-hydrogen) atoms. The van der Waals surface area contributed by atoms with Crippen LogP contribution >= 0.6 is 0 Å². The monoisotopic (exact) mass is 236 g/mol. The Balaban J connectivity index is 2.95. The Morgan fingerprint density at radius 2 is 2.06 bits per heavy atom. The molecule has 0 bridgehead atoms. The zero-order valence-corrected chi connectivity index (χ0v) is 10.8. The van der Waals surface area contributed by atoms with Crippen LogP contribution in [0.2, 0.25) is 0 Å². The lowest BCUT2D eigenvalue weighted by Crippen LogP contribution is -2.27. The zero-order valence-electron chi connectivity index (χ0n) is 10.8. The van der Waals surface area contributed by atoms with E-state index in [0.29, 0.717) is 18.0 Å². The van der Waals surface area contributed by atoms with Gasteiger partial charge in [-0.1, -0.05) is 26.8 Å². The van der Waals surface area contributed by atoms with Gasteiger partial charge in [-0.15, -0.1) is 0 Å². The van der Waals surface area contributed by atoms with Gasteiger partial charge in [0.25, 0.3) is 0 Å². The van der Waals surface area contributed by atoms with Gasteiger partial charge in [0.2, 0.25) is 5.91 Å². The number of hydrogen-bond donors (Lipinski definition) is 2. The van der Waals surface area contributed by atoms with Crippen LogP contribution in [0.3, 0.4) is 0 Å². The van der Waals surface area contributed by atoms with Gasteiger partial charge in [-0.3, -0.25) is 4.79 Å². The molecule has 0 spiro atoms. The Kier molecular flexibility index (Phi) is 4.12. The van der Waals surface area contributed by atoms with Crippen molar-refractivity contribution in [3.63, 3.8) is 0 Å². The molecule has 4 nitrogen and oxygen atoms in total. The van der Waals surface area contributed by atoms with E-state index < -0.39 is 5.41 Å². The maximum atomic E-state index is 11.9. The minimum absolute atomic E-state index is 0.0451. The highest BCUT2D eigenvalue weighted by molar-refractivity contribution is 5.95. The first-order valence-corrected chi connectivity index (χ1v) is 5.57. The molecule has 0 aliphatic heterocycles. The Bertz CT molecular complexity index is 408. The first-order chi connectivity index (χ1) is 7.88. The molecule has 1 aromatic rings. The predicted octanol–water partition coefficient (Wildman–Crippen LogP) is 2.14. The smallest absolute Gasteiger partial charge is 0.229 e. The van der Waals surface area contributed by atoms with Crippen molar-refractivity contribution in [3.8, 4) is 5.75 Å². The predicted molar refractivity (Wildman–Crippen MR) is 69.0 cm³/mol. The van der Waals surface area contributed by atoms with E-state index in [0.717, 1.165) is 5.56 Å². The second kappa shape index (κ2) is 5.19. The van der Waals surface area contributed by atoms with Crippen LogP contribution in [0, 0.1) is 5.41 Å². The van der Waals surface area contributed by atoms with Gasteiger partial charge in [-0.2, -0.15) is 0 Å². The van der Waals surface area contributed by atoms with Crippen molar-refractivity contribution in [2.24, 2.45) is 11.1 Å². The number of anilines is 1. The minimum atomic E-state index is -0.433. The van der Waals surface area contributed by atoms with E-state index in [2.05, 4.69) is 5.32 Å². The number of benzene rings is 1. The third-order valence-electron chi connectivity index (χ3n) is 2.43. The summed E-state index contributed by atoms with van der Waals surface area (Å²) in [5, 5.41) is 2.85. The molecule has 0 heterocycles. The topological polar surface area (TPSA) is 64.3 Å². The summed E-state index contributed by atoms with van der Waals surface area (Å²) in [6, 6.07) is 5.52. The molecule has 0 aromatic heterocycles. The number of nitrogens with two attached hydrogens (primary N) is 1. The normalized spacial score (nSPS) is 11.1. The molecule has 0 atom stereocenters. The number of amides is 1. The number of carbonyl (C=O) groups excluding carboxylic acids is 1. The summed E-state index contributed by atoms with van der Waals surface area (Å²) < 4.78 is 5.23. The van der Waals surface area contributed by atoms with Crippen LogP contribution in [0.1, 0.15) is 26.3 Å². The van der Waals surface area contributed by atoms with Crippen molar-refractivity contribution < 1.29 is 9.53 Å². The first kappa shape index (κ1) is 13.5. The molecular formula is C13H20N2O2. The lowest BCUT2D eigenvalue weighted by molar-refractivity contribution is -0.123. The quantitative estimate of drug-likeness (QED) is 0.845. The lowest BCUT2D eigenvalue weighted by Gasteiger charge is -2.19. The summed E-state index contributed by atoms with van der Waals surface area (Å²) in [5.74, 6) is 0.585. The van der Waals surface area contributed by atoms with Crippen LogP contribution in [0.5, 0.6) is 5.75 Å². The summed E-state index contributed by atoms with van der Waals surface area (Å²) in [6.07, 6.45) is 0. The highest BCUT2D eigenvalue weighted by Gasteiger charge is 2.22. The fourth-order valence-corrected chi connectivity index (χ4v) is 1.28. The zero-order chi connectivity index (χ0) is 13.1. The average Bonchev–Trinajstić information content (AvgIpc) is 2.28. The molecule has 0 unspecified atom stereocenters. The Morgan fingerprint density at radius 1 is 1.41 bits per heavy atom. The lowest BCUT2D eigenvalue weighted by atomic mass is 9.95. The van der Waals surface area contributed by atoms with Crippen molar-refractivity contribution in [2.45, 2.75) is 27.3 Å². The van der Waals surface area contributed by atoms with E-state index in [1.165, 1.54) is 0 Å². The molecule has 0 aliphatic rings. The van der Waals surface area contributed by atoms with Gasteiger partial charge < -0.3 is 15.8 Å². The van der Waals surface area contributed by atoms with Crippen LogP contribution in [0.4, 0.5) is 5.69 Å². The second-order valence-corrected chi connectivity index (χ2v) is 4.94. The summed E-state index contributed by atoms with van der Waals surface area (Å²) in [5.41, 5.74) is 6.76. The molecule has 4 heteroatoms. The largest absolute Gasteiger partial charge is 0.495 e. The molecule has 3 N–H and O–H groups in total. The van der Waals surface area contributed by atoms with E-state index in [-0.39, 0.29) is 5.91 Å². The Hall–Kier alpha value is -1.55. The standard InChI is InChI=1S/C13H20N2O2/c1-13(2,3)12(16)15-10-6-5-9(8-14)7-11(10)17-4/h5-7H,8,14H2,1-4H3,(H,15,16). The SMILES string of the molecule is COc1cc(CN)ccc1NC(=O)C(C)(C)C. The molecule has 0 fully saturated rings. The number of ether oxygens (including phenoxy) is 1. The number of carbonyl (C=O) groups is 1. The van der Waals surface area contributed by atoms with E-state index in [4.69, 9.17) is 10.5 Å². The maximum absolute atomic E-state index is 11.9. The molecule has 0 saturated carbocycles. The van der Waals surface area contributed by atoms with E-state index in [1.54, 1.807) is 7.11 Å². The molecule has 1 rings (SSSR count). The summed E-state index contributed by atoms with van der Waals surface area (Å²) in [4.78, 5) is 11.9. The number of methoxy groups -OCH3 is 1. The van der Waals surface area contributed by atoms with Crippen molar-refractivity contribution >= 4 is 11.6 Å². The number of hydrogen-bond acceptors (Lipinski definition) is 3. The van der Waals surface area contributed by atoms with Crippen molar-refractivity contribution in [2.75, 3.05) is 12.4 Å². The maximum Gasteiger partial charge on any atom is 0.229 e. The average molecular weight is 236 g/mol. The second-order valence-electron chi connectivity index (χ2n) is 4.94. The van der Waals surface area contributed by atoms with Gasteiger partial charge >= 0.3 is 0 Å². The molecule has 94 valence electrons. The van der Waals surface area contributed by atoms with Gasteiger partial charge in [0.05, 0.1) is 12.8 Å². The van der Waals surface area contributed by atoms with Crippen molar-refractivity contribution in [1.29, 1.82) is 0 Å². The van der Waals surface area contributed by atoms with Crippen molar-refractivity contribution in [1.82, 2.24) is 0 Å². The molecule has 1 aromatic carbocycles. The molecule has 0 aliphatic carbocycles. The number of nitrogens with one attached hydrogen (secondary N) is 1. The van der Waals surface area contributed by atoms with Gasteiger partial charge in [0.15, 0.2) is 0 Å². The van der Waals surface area contributed by atoms with Crippen LogP contribution < -0.4 is 15.8 Å². The fourth-order valence-electron chi connectivity index (χ4n) is 1.28. The summed E-state index contributed by atoms with van der Waals surface area (Å²) in [6.45, 7) is 6.04. The molecule has 0 radical (unpaired) electrons.